The summed E-state index contributed by atoms with van der Waals surface area (Å²) in [6, 6.07) is 13.4. The van der Waals surface area contributed by atoms with Gasteiger partial charge in [-0.25, -0.2) is 9.97 Å². The molecule has 3 heterocycles. The van der Waals surface area contributed by atoms with Crippen LogP contribution in [0.15, 0.2) is 46.9 Å². The van der Waals surface area contributed by atoms with E-state index in [4.69, 9.17) is 23.2 Å². The van der Waals surface area contributed by atoms with Crippen LogP contribution >= 0.6 is 46.3 Å². The number of rotatable bonds is 5. The van der Waals surface area contributed by atoms with Crippen LogP contribution in [0.1, 0.15) is 16.8 Å². The van der Waals surface area contributed by atoms with Crippen LogP contribution in [0.4, 0.5) is 0 Å². The molecule has 0 aliphatic carbocycles. The molecule has 0 unspecified atom stereocenters. The zero-order chi connectivity index (χ0) is 21.1. The SMILES string of the molecule is N#Cc1c(Cl)nc(SCc2csc(-c3ccc(Cl)cc3)n2)c(C#N)c1-c1ccn[nH]1. The summed E-state index contributed by atoms with van der Waals surface area (Å²) in [6.07, 6.45) is 1.55. The molecule has 10 heteroatoms. The van der Waals surface area contributed by atoms with E-state index in [0.29, 0.717) is 27.1 Å². The smallest absolute Gasteiger partial charge is 0.148 e. The van der Waals surface area contributed by atoms with Gasteiger partial charge in [-0.15, -0.1) is 11.3 Å². The lowest BCUT2D eigenvalue weighted by Crippen LogP contribution is -1.99. The third kappa shape index (κ3) is 4.04. The molecule has 0 amide bonds. The molecule has 0 aliphatic rings. The minimum absolute atomic E-state index is 0.0451. The summed E-state index contributed by atoms with van der Waals surface area (Å²) >= 11 is 15.1. The summed E-state index contributed by atoms with van der Waals surface area (Å²) in [5, 5.41) is 30.0. The first-order valence-corrected chi connectivity index (χ1v) is 11.1. The van der Waals surface area contributed by atoms with E-state index in [1.54, 1.807) is 12.3 Å². The van der Waals surface area contributed by atoms with E-state index in [1.165, 1.54) is 23.1 Å². The van der Waals surface area contributed by atoms with E-state index in [2.05, 4.69) is 26.2 Å². The van der Waals surface area contributed by atoms with Gasteiger partial charge in [-0.2, -0.15) is 15.6 Å². The van der Waals surface area contributed by atoms with Crippen molar-refractivity contribution in [1.29, 1.82) is 10.5 Å². The summed E-state index contributed by atoms with van der Waals surface area (Å²) < 4.78 is 0. The van der Waals surface area contributed by atoms with Crippen LogP contribution in [0.3, 0.4) is 0 Å². The number of aromatic amines is 1. The molecular weight excluding hydrogens is 459 g/mol. The minimum Gasteiger partial charge on any atom is -0.278 e. The lowest BCUT2D eigenvalue weighted by Gasteiger charge is -2.10. The second-order valence-electron chi connectivity index (χ2n) is 5.97. The largest absolute Gasteiger partial charge is 0.278 e. The number of pyridine rings is 1. The standard InChI is InChI=1S/C20H10Cl2N6S2/c21-12-3-1-11(2-4-12)19-26-13(9-29-19)10-30-20-15(8-24)17(16-5-6-25-28-16)14(7-23)18(22)27-20/h1-6,9H,10H2,(H,25,28). The monoisotopic (exact) mass is 468 g/mol. The third-order valence-corrected chi connectivity index (χ3v) is 6.59. The highest BCUT2D eigenvalue weighted by atomic mass is 35.5. The Bertz CT molecular complexity index is 1280. The van der Waals surface area contributed by atoms with Gasteiger partial charge in [-0.05, 0) is 18.2 Å². The Morgan fingerprint density at radius 2 is 1.80 bits per heavy atom. The molecule has 0 aliphatic heterocycles. The quantitative estimate of drug-likeness (QED) is 0.287. The van der Waals surface area contributed by atoms with Crippen LogP contribution in [0, 0.1) is 22.7 Å². The normalized spacial score (nSPS) is 10.5. The molecule has 4 rings (SSSR count). The molecule has 0 spiro atoms. The van der Waals surface area contributed by atoms with E-state index in [1.807, 2.05) is 35.7 Å². The van der Waals surface area contributed by atoms with Gasteiger partial charge in [0.15, 0.2) is 0 Å². The van der Waals surface area contributed by atoms with Gasteiger partial charge in [0.25, 0.3) is 0 Å². The van der Waals surface area contributed by atoms with Crippen LogP contribution in [0.2, 0.25) is 10.2 Å². The van der Waals surface area contributed by atoms with Crippen LogP contribution < -0.4 is 0 Å². The van der Waals surface area contributed by atoms with Crippen molar-refractivity contribution < 1.29 is 0 Å². The predicted octanol–water partition coefficient (Wildman–Crippen LogP) is 5.94. The summed E-state index contributed by atoms with van der Waals surface area (Å²) in [7, 11) is 0. The fourth-order valence-corrected chi connectivity index (χ4v) is 4.96. The van der Waals surface area contributed by atoms with Gasteiger partial charge in [-0.1, -0.05) is 47.1 Å². The van der Waals surface area contributed by atoms with Gasteiger partial charge in [0.05, 0.1) is 17.0 Å². The number of nitrogens with zero attached hydrogens (tertiary/aromatic N) is 5. The lowest BCUT2D eigenvalue weighted by atomic mass is 10.0. The maximum absolute atomic E-state index is 9.77. The first kappa shape index (κ1) is 20.4. The molecule has 4 aromatic rings. The Morgan fingerprint density at radius 3 is 2.47 bits per heavy atom. The number of benzene rings is 1. The van der Waals surface area contributed by atoms with Gasteiger partial charge in [0, 0.05) is 33.5 Å². The molecule has 0 fully saturated rings. The third-order valence-electron chi connectivity index (χ3n) is 4.11. The Labute approximate surface area is 190 Å². The predicted molar refractivity (Wildman–Crippen MR) is 118 cm³/mol. The van der Waals surface area contributed by atoms with E-state index in [9.17, 15) is 10.5 Å². The number of hydrogen-bond acceptors (Lipinski definition) is 7. The average molecular weight is 469 g/mol. The highest BCUT2D eigenvalue weighted by Gasteiger charge is 2.22. The molecular formula is C20H10Cl2N6S2. The number of nitrogens with one attached hydrogen (secondary N) is 1. The highest BCUT2D eigenvalue weighted by Crippen LogP contribution is 2.37. The fraction of sp³-hybridized carbons (Fsp3) is 0.0500. The first-order chi connectivity index (χ1) is 14.6. The van der Waals surface area contributed by atoms with E-state index < -0.39 is 0 Å². The number of nitriles is 2. The van der Waals surface area contributed by atoms with Gasteiger partial charge in [0.1, 0.15) is 32.9 Å². The summed E-state index contributed by atoms with van der Waals surface area (Å²) in [6.45, 7) is 0. The van der Waals surface area contributed by atoms with Crippen molar-refractivity contribution in [3.63, 3.8) is 0 Å². The minimum atomic E-state index is 0.0451. The van der Waals surface area contributed by atoms with E-state index in [0.717, 1.165) is 16.3 Å². The topological polar surface area (TPSA) is 102 Å². The van der Waals surface area contributed by atoms with E-state index >= 15 is 0 Å². The van der Waals surface area contributed by atoms with Crippen molar-refractivity contribution in [2.45, 2.75) is 10.8 Å². The Kier molecular flexibility index (Phi) is 6.03. The number of halogens is 2. The number of H-pyrrole nitrogens is 1. The van der Waals surface area contributed by atoms with Crippen LogP contribution in [0.5, 0.6) is 0 Å². The van der Waals surface area contributed by atoms with Crippen molar-refractivity contribution in [1.82, 2.24) is 20.2 Å². The molecule has 0 atom stereocenters. The molecule has 0 saturated carbocycles. The number of thiazole rings is 1. The molecule has 3 aromatic heterocycles. The molecule has 6 nitrogen and oxygen atoms in total. The summed E-state index contributed by atoms with van der Waals surface area (Å²) in [4.78, 5) is 8.94. The van der Waals surface area contributed by atoms with Crippen molar-refractivity contribution in [2.75, 3.05) is 0 Å². The van der Waals surface area contributed by atoms with Gasteiger partial charge in [-0.3, -0.25) is 5.10 Å². The molecule has 1 aromatic carbocycles. The lowest BCUT2D eigenvalue weighted by molar-refractivity contribution is 1.07. The van der Waals surface area contributed by atoms with Crippen molar-refractivity contribution in [3.8, 4) is 34.0 Å². The van der Waals surface area contributed by atoms with Crippen molar-refractivity contribution in [3.05, 3.63) is 68.9 Å². The Morgan fingerprint density at radius 1 is 1.03 bits per heavy atom. The highest BCUT2D eigenvalue weighted by molar-refractivity contribution is 7.98. The Balaban J connectivity index is 1.64. The maximum Gasteiger partial charge on any atom is 0.148 e. The fourth-order valence-electron chi connectivity index (χ4n) is 2.75. The molecule has 0 radical (unpaired) electrons. The second kappa shape index (κ2) is 8.86. The van der Waals surface area contributed by atoms with Crippen LogP contribution in [0.25, 0.3) is 21.8 Å². The maximum atomic E-state index is 9.77. The van der Waals surface area contributed by atoms with Crippen molar-refractivity contribution >= 4 is 46.3 Å². The zero-order valence-corrected chi connectivity index (χ0v) is 18.2. The van der Waals surface area contributed by atoms with Gasteiger partial charge in [0.2, 0.25) is 0 Å². The van der Waals surface area contributed by atoms with E-state index in [-0.39, 0.29) is 16.3 Å². The number of aromatic nitrogens is 4. The molecule has 30 heavy (non-hydrogen) atoms. The molecule has 0 saturated heterocycles. The molecule has 146 valence electrons. The molecule has 1 N–H and O–H groups in total. The molecule has 0 bridgehead atoms. The average Bonchev–Trinajstić information content (AvgIpc) is 3.44. The van der Waals surface area contributed by atoms with Crippen LogP contribution in [-0.2, 0) is 5.75 Å². The van der Waals surface area contributed by atoms with Gasteiger partial charge < -0.3 is 0 Å². The van der Waals surface area contributed by atoms with Crippen LogP contribution in [-0.4, -0.2) is 20.2 Å². The van der Waals surface area contributed by atoms with Crippen molar-refractivity contribution in [2.24, 2.45) is 0 Å². The summed E-state index contributed by atoms with van der Waals surface area (Å²) in [5.41, 5.74) is 3.19. The first-order valence-electron chi connectivity index (χ1n) is 8.47. The number of thioether (sulfide) groups is 1. The summed E-state index contributed by atoms with van der Waals surface area (Å²) in [5.74, 6) is 0.496. The second-order valence-corrected chi connectivity index (χ2v) is 8.58. The number of hydrogen-bond donors (Lipinski definition) is 1. The zero-order valence-electron chi connectivity index (χ0n) is 15.1. The Hall–Kier alpha value is -2.88. The van der Waals surface area contributed by atoms with Gasteiger partial charge >= 0.3 is 0 Å².